The molecule has 0 saturated heterocycles. The first-order chi connectivity index (χ1) is 7.43. The third kappa shape index (κ3) is 3.79. The van der Waals surface area contributed by atoms with Gasteiger partial charge in [0.05, 0.1) is 5.60 Å². The van der Waals surface area contributed by atoms with Gasteiger partial charge < -0.3 is 20.8 Å². The van der Waals surface area contributed by atoms with Gasteiger partial charge in [-0.15, -0.1) is 0 Å². The fourth-order valence-corrected chi connectivity index (χ4v) is 1.66. The largest absolute Gasteiger partial charge is 0.480 e. The van der Waals surface area contributed by atoms with Crippen LogP contribution in [0.1, 0.15) is 26.2 Å². The smallest absolute Gasteiger partial charge is 0.327 e. The number of carboxylic acid groups (broad SMARTS) is 1. The molecule has 0 aromatic heterocycles. The van der Waals surface area contributed by atoms with E-state index in [1.54, 1.807) is 0 Å². The Morgan fingerprint density at radius 2 is 2.06 bits per heavy atom. The molecule has 1 amide bonds. The molecule has 0 aliphatic heterocycles. The van der Waals surface area contributed by atoms with Crippen molar-refractivity contribution in [3.63, 3.8) is 0 Å². The molecule has 0 radical (unpaired) electrons. The summed E-state index contributed by atoms with van der Waals surface area (Å²) in [7, 11) is 0. The lowest BCUT2D eigenvalue weighted by atomic mass is 9.80. The van der Waals surface area contributed by atoms with Gasteiger partial charge in [-0.3, -0.25) is 4.79 Å². The molecule has 1 unspecified atom stereocenters. The van der Waals surface area contributed by atoms with Gasteiger partial charge in [-0.25, -0.2) is 4.79 Å². The first-order valence-corrected chi connectivity index (χ1v) is 5.36. The summed E-state index contributed by atoms with van der Waals surface area (Å²) in [5.74, 6) is -1.46. The molecular weight excluding hydrogens is 212 g/mol. The second-order valence-electron chi connectivity index (χ2n) is 4.30. The summed E-state index contributed by atoms with van der Waals surface area (Å²) in [6.45, 7) is 1.77. The van der Waals surface area contributed by atoms with Crippen LogP contribution in [-0.2, 0) is 9.59 Å². The van der Waals surface area contributed by atoms with E-state index >= 15 is 0 Å². The molecule has 0 spiro atoms. The SMILES string of the molecule is CC(=O)NC(CNCC1(O)CCC1)C(=O)O. The van der Waals surface area contributed by atoms with Crippen LogP contribution in [0.3, 0.4) is 0 Å². The van der Waals surface area contributed by atoms with Crippen LogP contribution in [0.4, 0.5) is 0 Å². The summed E-state index contributed by atoms with van der Waals surface area (Å²) in [6.07, 6.45) is 2.50. The van der Waals surface area contributed by atoms with Crippen molar-refractivity contribution in [3.8, 4) is 0 Å². The number of carboxylic acids is 1. The normalized spacial score (nSPS) is 19.6. The van der Waals surface area contributed by atoms with Crippen molar-refractivity contribution in [2.75, 3.05) is 13.1 Å². The molecule has 92 valence electrons. The van der Waals surface area contributed by atoms with Gasteiger partial charge in [0.2, 0.25) is 5.91 Å². The van der Waals surface area contributed by atoms with Crippen LogP contribution < -0.4 is 10.6 Å². The van der Waals surface area contributed by atoms with Crippen LogP contribution in [0.15, 0.2) is 0 Å². The summed E-state index contributed by atoms with van der Waals surface area (Å²) >= 11 is 0. The van der Waals surface area contributed by atoms with E-state index in [4.69, 9.17) is 5.11 Å². The van der Waals surface area contributed by atoms with Crippen LogP contribution in [-0.4, -0.2) is 46.8 Å². The quantitative estimate of drug-likeness (QED) is 0.473. The Balaban J connectivity index is 2.26. The number of amides is 1. The van der Waals surface area contributed by atoms with Crippen molar-refractivity contribution in [2.45, 2.75) is 37.8 Å². The predicted octanol–water partition coefficient (Wildman–Crippen LogP) is -0.920. The standard InChI is InChI=1S/C10H18N2O4/c1-7(13)12-8(9(14)15)5-11-6-10(16)3-2-4-10/h8,11,16H,2-6H2,1H3,(H,12,13)(H,14,15). The number of aliphatic carboxylic acids is 1. The molecule has 1 rings (SSSR count). The Morgan fingerprint density at radius 1 is 1.44 bits per heavy atom. The second-order valence-corrected chi connectivity index (χ2v) is 4.30. The maximum atomic E-state index is 10.8. The van der Waals surface area contributed by atoms with Crippen LogP contribution in [0.25, 0.3) is 0 Å². The summed E-state index contributed by atoms with van der Waals surface area (Å²) in [4.78, 5) is 21.5. The first-order valence-electron chi connectivity index (χ1n) is 5.36. The topological polar surface area (TPSA) is 98.7 Å². The van der Waals surface area contributed by atoms with E-state index in [0.717, 1.165) is 19.3 Å². The zero-order chi connectivity index (χ0) is 12.2. The van der Waals surface area contributed by atoms with Gasteiger partial charge in [0, 0.05) is 20.0 Å². The third-order valence-electron chi connectivity index (χ3n) is 2.76. The lowest BCUT2D eigenvalue weighted by Crippen LogP contribution is -2.52. The Bertz CT molecular complexity index is 276. The monoisotopic (exact) mass is 230 g/mol. The molecule has 0 bridgehead atoms. The second kappa shape index (κ2) is 5.27. The van der Waals surface area contributed by atoms with Gasteiger partial charge in [-0.2, -0.15) is 0 Å². The van der Waals surface area contributed by atoms with E-state index in [2.05, 4.69) is 10.6 Å². The average molecular weight is 230 g/mol. The molecule has 4 N–H and O–H groups in total. The molecule has 16 heavy (non-hydrogen) atoms. The third-order valence-corrected chi connectivity index (χ3v) is 2.76. The Labute approximate surface area is 94.0 Å². The summed E-state index contributed by atoms with van der Waals surface area (Å²) in [5, 5.41) is 23.7. The van der Waals surface area contributed by atoms with E-state index in [9.17, 15) is 14.7 Å². The van der Waals surface area contributed by atoms with Gasteiger partial charge in [0.1, 0.15) is 6.04 Å². The fraction of sp³-hybridized carbons (Fsp3) is 0.800. The molecular formula is C10H18N2O4. The summed E-state index contributed by atoms with van der Waals surface area (Å²) in [5.41, 5.74) is -0.681. The highest BCUT2D eigenvalue weighted by molar-refractivity contribution is 5.82. The van der Waals surface area contributed by atoms with E-state index in [0.29, 0.717) is 6.54 Å². The van der Waals surface area contributed by atoms with Crippen LogP contribution >= 0.6 is 0 Å². The molecule has 1 aliphatic rings. The minimum atomic E-state index is -1.08. The molecule has 6 heteroatoms. The number of hydrogen-bond donors (Lipinski definition) is 4. The fourth-order valence-electron chi connectivity index (χ4n) is 1.66. The zero-order valence-corrected chi connectivity index (χ0v) is 9.32. The maximum Gasteiger partial charge on any atom is 0.327 e. The molecule has 1 aliphatic carbocycles. The van der Waals surface area contributed by atoms with Gasteiger partial charge in [0.25, 0.3) is 0 Å². The zero-order valence-electron chi connectivity index (χ0n) is 9.32. The van der Waals surface area contributed by atoms with Crippen LogP contribution in [0, 0.1) is 0 Å². The summed E-state index contributed by atoms with van der Waals surface area (Å²) < 4.78 is 0. The number of rotatable bonds is 6. The highest BCUT2D eigenvalue weighted by Gasteiger charge is 2.34. The van der Waals surface area contributed by atoms with Gasteiger partial charge in [0.15, 0.2) is 0 Å². The highest BCUT2D eigenvalue weighted by Crippen LogP contribution is 2.30. The van der Waals surface area contributed by atoms with Crippen molar-refractivity contribution in [2.24, 2.45) is 0 Å². The minimum Gasteiger partial charge on any atom is -0.480 e. The van der Waals surface area contributed by atoms with E-state index in [1.165, 1.54) is 6.92 Å². The van der Waals surface area contributed by atoms with Crippen molar-refractivity contribution < 1.29 is 19.8 Å². The molecule has 1 saturated carbocycles. The van der Waals surface area contributed by atoms with Crippen molar-refractivity contribution in [1.29, 1.82) is 0 Å². The van der Waals surface area contributed by atoms with E-state index in [-0.39, 0.29) is 12.5 Å². The van der Waals surface area contributed by atoms with Crippen molar-refractivity contribution in [1.82, 2.24) is 10.6 Å². The lowest BCUT2D eigenvalue weighted by molar-refractivity contribution is -0.141. The molecule has 1 atom stereocenters. The van der Waals surface area contributed by atoms with Crippen molar-refractivity contribution in [3.05, 3.63) is 0 Å². The van der Waals surface area contributed by atoms with Crippen LogP contribution in [0.2, 0.25) is 0 Å². The molecule has 1 fully saturated rings. The Kier molecular flexibility index (Phi) is 4.26. The number of carbonyl (C=O) groups is 2. The van der Waals surface area contributed by atoms with E-state index < -0.39 is 17.6 Å². The number of aliphatic hydroxyl groups is 1. The van der Waals surface area contributed by atoms with Gasteiger partial charge in [-0.05, 0) is 19.3 Å². The maximum absolute atomic E-state index is 10.8. The first kappa shape index (κ1) is 12.9. The number of carbonyl (C=O) groups excluding carboxylic acids is 1. The predicted molar refractivity (Wildman–Crippen MR) is 56.9 cm³/mol. The molecule has 0 heterocycles. The van der Waals surface area contributed by atoms with Gasteiger partial charge in [-0.1, -0.05) is 0 Å². The average Bonchev–Trinajstić information content (AvgIpc) is 2.12. The van der Waals surface area contributed by atoms with Crippen LogP contribution in [0.5, 0.6) is 0 Å². The Hall–Kier alpha value is -1.14. The molecule has 0 aromatic rings. The molecule has 0 aromatic carbocycles. The summed E-state index contributed by atoms with van der Waals surface area (Å²) in [6, 6.07) is -0.943. The minimum absolute atomic E-state index is 0.122. The van der Waals surface area contributed by atoms with Crippen molar-refractivity contribution >= 4 is 11.9 Å². The highest BCUT2D eigenvalue weighted by atomic mass is 16.4. The lowest BCUT2D eigenvalue weighted by Gasteiger charge is -2.37. The number of hydrogen-bond acceptors (Lipinski definition) is 4. The molecule has 6 nitrogen and oxygen atoms in total. The van der Waals surface area contributed by atoms with Gasteiger partial charge >= 0.3 is 5.97 Å². The number of nitrogens with one attached hydrogen (secondary N) is 2. The Morgan fingerprint density at radius 3 is 2.44 bits per heavy atom. The van der Waals surface area contributed by atoms with E-state index in [1.807, 2.05) is 0 Å².